The lowest BCUT2D eigenvalue weighted by molar-refractivity contribution is -0.133. The molecule has 0 spiro atoms. The molecule has 2 fully saturated rings. The lowest BCUT2D eigenvalue weighted by atomic mass is 9.95. The SMILES string of the molecule is CS(=O)(=O)NC1CCCN(C(=O)C2CC2c2ccccc2-c2c(F)cccc2F)C1. The highest BCUT2D eigenvalue weighted by Gasteiger charge is 2.47. The molecule has 1 amide bonds. The Morgan fingerprint density at radius 2 is 1.80 bits per heavy atom. The number of sulfonamides is 1. The van der Waals surface area contributed by atoms with Gasteiger partial charge in [0.05, 0.1) is 11.8 Å². The summed E-state index contributed by atoms with van der Waals surface area (Å²) < 4.78 is 54.3. The Balaban J connectivity index is 1.52. The maximum Gasteiger partial charge on any atom is 0.226 e. The van der Waals surface area contributed by atoms with Gasteiger partial charge in [-0.1, -0.05) is 30.3 Å². The van der Waals surface area contributed by atoms with Crippen LogP contribution in [0.2, 0.25) is 0 Å². The van der Waals surface area contributed by atoms with Crippen molar-refractivity contribution < 1.29 is 22.0 Å². The van der Waals surface area contributed by atoms with Crippen LogP contribution < -0.4 is 4.72 Å². The van der Waals surface area contributed by atoms with Gasteiger partial charge in [-0.25, -0.2) is 21.9 Å². The molecule has 2 aromatic carbocycles. The van der Waals surface area contributed by atoms with Crippen LogP contribution in [0.25, 0.3) is 11.1 Å². The van der Waals surface area contributed by atoms with E-state index in [4.69, 9.17) is 0 Å². The lowest BCUT2D eigenvalue weighted by Gasteiger charge is -2.33. The zero-order valence-electron chi connectivity index (χ0n) is 16.6. The van der Waals surface area contributed by atoms with Gasteiger partial charge in [0.15, 0.2) is 0 Å². The number of hydrogen-bond acceptors (Lipinski definition) is 3. The van der Waals surface area contributed by atoms with E-state index < -0.39 is 21.7 Å². The van der Waals surface area contributed by atoms with Crippen LogP contribution in [0.4, 0.5) is 8.78 Å². The molecule has 0 bridgehead atoms. The number of halogens is 2. The van der Waals surface area contributed by atoms with Crippen LogP contribution in [0.15, 0.2) is 42.5 Å². The van der Waals surface area contributed by atoms with Crippen LogP contribution in [0.1, 0.15) is 30.7 Å². The van der Waals surface area contributed by atoms with Crippen molar-refractivity contribution in [1.29, 1.82) is 0 Å². The Labute approximate surface area is 175 Å². The first-order chi connectivity index (χ1) is 14.2. The van der Waals surface area contributed by atoms with Crippen molar-refractivity contribution in [3.8, 4) is 11.1 Å². The average Bonchev–Trinajstić information content (AvgIpc) is 3.47. The molecule has 1 heterocycles. The summed E-state index contributed by atoms with van der Waals surface area (Å²) in [4.78, 5) is 14.7. The number of likely N-dealkylation sites (tertiary alicyclic amines) is 1. The van der Waals surface area contributed by atoms with Gasteiger partial charge in [0.25, 0.3) is 0 Å². The normalized spacial score (nSPS) is 24.0. The molecular weight excluding hydrogens is 410 g/mol. The maximum atomic E-state index is 14.4. The molecule has 1 aliphatic carbocycles. The van der Waals surface area contributed by atoms with Gasteiger partial charge in [-0.05, 0) is 48.4 Å². The summed E-state index contributed by atoms with van der Waals surface area (Å²) in [5.41, 5.74) is 1.17. The maximum absolute atomic E-state index is 14.4. The number of nitrogens with one attached hydrogen (secondary N) is 1. The van der Waals surface area contributed by atoms with Gasteiger partial charge in [-0.2, -0.15) is 0 Å². The highest BCUT2D eigenvalue weighted by molar-refractivity contribution is 7.88. The molecule has 0 radical (unpaired) electrons. The van der Waals surface area contributed by atoms with Gasteiger partial charge in [-0.15, -0.1) is 0 Å². The van der Waals surface area contributed by atoms with Crippen LogP contribution in [-0.4, -0.2) is 44.6 Å². The van der Waals surface area contributed by atoms with Gasteiger partial charge >= 0.3 is 0 Å². The van der Waals surface area contributed by atoms with Crippen molar-refractivity contribution in [2.45, 2.75) is 31.2 Å². The van der Waals surface area contributed by atoms with Crippen LogP contribution >= 0.6 is 0 Å². The van der Waals surface area contributed by atoms with E-state index in [0.717, 1.165) is 18.2 Å². The minimum atomic E-state index is -3.33. The first-order valence-corrected chi connectivity index (χ1v) is 11.9. The quantitative estimate of drug-likeness (QED) is 0.786. The molecule has 1 N–H and O–H groups in total. The predicted molar refractivity (Wildman–Crippen MR) is 110 cm³/mol. The van der Waals surface area contributed by atoms with Crippen molar-refractivity contribution in [2.24, 2.45) is 5.92 Å². The molecule has 1 aliphatic heterocycles. The van der Waals surface area contributed by atoms with Gasteiger partial charge in [-0.3, -0.25) is 4.79 Å². The third-order valence-corrected chi connectivity index (χ3v) is 6.58. The van der Waals surface area contributed by atoms with Crippen molar-refractivity contribution in [3.63, 3.8) is 0 Å². The Morgan fingerprint density at radius 3 is 2.50 bits per heavy atom. The standard InChI is InChI=1S/C22H24F2N2O3S/c1-30(28,29)25-14-6-5-11-26(13-14)22(27)18-12-17(18)15-7-2-3-8-16(15)21-19(23)9-4-10-20(21)24/h2-4,7-10,14,17-18,25H,5-6,11-13H2,1H3. The van der Waals surface area contributed by atoms with Crippen molar-refractivity contribution in [2.75, 3.05) is 19.3 Å². The van der Waals surface area contributed by atoms with E-state index in [1.54, 1.807) is 17.0 Å². The molecule has 8 heteroatoms. The zero-order valence-corrected chi connectivity index (χ0v) is 17.5. The van der Waals surface area contributed by atoms with Crippen LogP contribution in [0, 0.1) is 17.6 Å². The Bertz CT molecular complexity index is 1050. The average molecular weight is 435 g/mol. The molecule has 3 unspecified atom stereocenters. The van der Waals surface area contributed by atoms with Gasteiger partial charge in [0, 0.05) is 25.0 Å². The Kier molecular flexibility index (Phi) is 5.63. The predicted octanol–water partition coefficient (Wildman–Crippen LogP) is 3.28. The summed E-state index contributed by atoms with van der Waals surface area (Å²) in [6.45, 7) is 0.937. The lowest BCUT2D eigenvalue weighted by Crippen LogP contribution is -2.49. The van der Waals surface area contributed by atoms with Gasteiger partial charge in [0.1, 0.15) is 11.6 Å². The van der Waals surface area contributed by atoms with E-state index in [1.165, 1.54) is 18.2 Å². The number of carbonyl (C=O) groups is 1. The molecule has 2 aromatic rings. The summed E-state index contributed by atoms with van der Waals surface area (Å²) >= 11 is 0. The van der Waals surface area contributed by atoms with Gasteiger partial charge in [0.2, 0.25) is 15.9 Å². The molecule has 160 valence electrons. The number of piperidine rings is 1. The third kappa shape index (κ3) is 4.39. The van der Waals surface area contributed by atoms with E-state index in [1.807, 2.05) is 12.1 Å². The number of rotatable bonds is 5. The van der Waals surface area contributed by atoms with Crippen molar-refractivity contribution >= 4 is 15.9 Å². The number of benzene rings is 2. The summed E-state index contributed by atoms with van der Waals surface area (Å²) in [5, 5.41) is 0. The molecule has 30 heavy (non-hydrogen) atoms. The first kappa shape index (κ1) is 20.9. The van der Waals surface area contributed by atoms with Crippen molar-refractivity contribution in [1.82, 2.24) is 9.62 Å². The summed E-state index contributed by atoms with van der Waals surface area (Å²) in [6.07, 6.45) is 3.16. The smallest absolute Gasteiger partial charge is 0.226 e. The summed E-state index contributed by atoms with van der Waals surface area (Å²) in [5.74, 6) is -1.63. The van der Waals surface area contributed by atoms with Crippen LogP contribution in [0.5, 0.6) is 0 Å². The minimum absolute atomic E-state index is 0.0243. The van der Waals surface area contributed by atoms with Gasteiger partial charge < -0.3 is 4.90 Å². The molecule has 3 atom stereocenters. The second kappa shape index (κ2) is 8.07. The molecule has 5 nitrogen and oxygen atoms in total. The van der Waals surface area contributed by atoms with E-state index in [2.05, 4.69) is 4.72 Å². The highest BCUT2D eigenvalue weighted by atomic mass is 32.2. The molecule has 0 aromatic heterocycles. The molecule has 1 saturated carbocycles. The largest absolute Gasteiger partial charge is 0.341 e. The third-order valence-electron chi connectivity index (χ3n) is 5.81. The molecular formula is C22H24F2N2O3S. The van der Waals surface area contributed by atoms with Crippen molar-refractivity contribution in [3.05, 3.63) is 59.7 Å². The van der Waals surface area contributed by atoms with Crippen LogP contribution in [0.3, 0.4) is 0 Å². The zero-order chi connectivity index (χ0) is 21.5. The monoisotopic (exact) mass is 434 g/mol. The number of nitrogens with zero attached hydrogens (tertiary/aromatic N) is 1. The summed E-state index contributed by atoms with van der Waals surface area (Å²) in [6, 6.07) is 10.6. The number of hydrogen-bond donors (Lipinski definition) is 1. The van der Waals surface area contributed by atoms with Crippen LogP contribution in [-0.2, 0) is 14.8 Å². The van der Waals surface area contributed by atoms with E-state index >= 15 is 0 Å². The van der Waals surface area contributed by atoms with E-state index in [9.17, 15) is 22.0 Å². The topological polar surface area (TPSA) is 66.5 Å². The molecule has 4 rings (SSSR count). The second-order valence-electron chi connectivity index (χ2n) is 8.15. The first-order valence-electron chi connectivity index (χ1n) is 10.0. The highest BCUT2D eigenvalue weighted by Crippen LogP contribution is 2.51. The fourth-order valence-corrected chi connectivity index (χ4v) is 5.22. The fourth-order valence-electron chi connectivity index (χ4n) is 4.43. The molecule has 2 aliphatic rings. The fraction of sp³-hybridized carbons (Fsp3) is 0.409. The Morgan fingerprint density at radius 1 is 1.10 bits per heavy atom. The number of carbonyl (C=O) groups excluding carboxylic acids is 1. The van der Waals surface area contributed by atoms with E-state index in [0.29, 0.717) is 31.5 Å². The second-order valence-corrected chi connectivity index (χ2v) is 9.93. The van der Waals surface area contributed by atoms with E-state index in [-0.39, 0.29) is 29.3 Å². The molecule has 1 saturated heterocycles. The Hall–Kier alpha value is -2.32. The minimum Gasteiger partial charge on any atom is -0.341 e. The summed E-state index contributed by atoms with van der Waals surface area (Å²) in [7, 11) is -3.33. The number of amides is 1.